The van der Waals surface area contributed by atoms with Gasteiger partial charge >= 0.3 is 0 Å². The highest BCUT2D eigenvalue weighted by molar-refractivity contribution is 6.21. The molecule has 1 aliphatic carbocycles. The van der Waals surface area contributed by atoms with Crippen LogP contribution in [0, 0.1) is 18.8 Å². The molecular formula is C25H27ClN2O5. The van der Waals surface area contributed by atoms with E-state index in [2.05, 4.69) is 12.1 Å². The summed E-state index contributed by atoms with van der Waals surface area (Å²) in [7, 11) is 0. The number of carbonyl (C=O) groups excluding carboxylic acids is 2. The van der Waals surface area contributed by atoms with Crippen LogP contribution >= 0.6 is 11.6 Å². The fraction of sp³-hybridized carbons (Fsp3) is 0.480. The minimum atomic E-state index is -0.686. The van der Waals surface area contributed by atoms with Crippen LogP contribution in [0.25, 0.3) is 0 Å². The fourth-order valence-corrected chi connectivity index (χ4v) is 5.36. The maximum absolute atomic E-state index is 13.8. The summed E-state index contributed by atoms with van der Waals surface area (Å²) >= 11 is 6.53. The van der Waals surface area contributed by atoms with Crippen LogP contribution in [0.4, 0.5) is 5.82 Å². The van der Waals surface area contributed by atoms with Crippen molar-refractivity contribution >= 4 is 29.1 Å². The van der Waals surface area contributed by atoms with Crippen LogP contribution in [0.2, 0.25) is 0 Å². The van der Waals surface area contributed by atoms with Crippen LogP contribution in [-0.2, 0) is 14.3 Å². The predicted molar refractivity (Wildman–Crippen MR) is 122 cm³/mol. The van der Waals surface area contributed by atoms with Crippen LogP contribution in [0.3, 0.4) is 0 Å². The van der Waals surface area contributed by atoms with E-state index in [1.54, 1.807) is 13.0 Å². The molecule has 33 heavy (non-hydrogen) atoms. The lowest BCUT2D eigenvalue weighted by atomic mass is 9.74. The third-order valence-electron chi connectivity index (χ3n) is 6.62. The molecule has 1 amide bonds. The second-order valence-electron chi connectivity index (χ2n) is 9.45. The van der Waals surface area contributed by atoms with E-state index in [-0.39, 0.29) is 46.9 Å². The summed E-state index contributed by atoms with van der Waals surface area (Å²) in [5.41, 5.74) is 1.11. The highest BCUT2D eigenvalue weighted by Gasteiger charge is 2.54. The zero-order chi connectivity index (χ0) is 23.4. The van der Waals surface area contributed by atoms with Crippen LogP contribution in [0.15, 0.2) is 46.2 Å². The van der Waals surface area contributed by atoms with Crippen molar-refractivity contribution < 1.29 is 23.6 Å². The van der Waals surface area contributed by atoms with Crippen molar-refractivity contribution in [2.24, 2.45) is 11.8 Å². The SMILES string of the molecule is Cc1cc(N2C(=O)C3=C(C(=O)C4CC(Cl)C(C)CC4O3)C2c2cccc(OC(C)C)c2)no1. The number of aromatic nitrogens is 1. The van der Waals surface area contributed by atoms with Gasteiger partial charge in [0.15, 0.2) is 17.4 Å². The van der Waals surface area contributed by atoms with Crippen molar-refractivity contribution in [3.63, 3.8) is 0 Å². The molecule has 174 valence electrons. The molecule has 5 atom stereocenters. The van der Waals surface area contributed by atoms with Crippen molar-refractivity contribution in [1.29, 1.82) is 0 Å². The first-order chi connectivity index (χ1) is 15.7. The molecule has 1 aromatic heterocycles. The predicted octanol–water partition coefficient (Wildman–Crippen LogP) is 4.73. The minimum Gasteiger partial charge on any atom is -0.491 e. The second-order valence-corrected chi connectivity index (χ2v) is 10.0. The van der Waals surface area contributed by atoms with Gasteiger partial charge in [0.2, 0.25) is 0 Å². The molecule has 1 aromatic carbocycles. The summed E-state index contributed by atoms with van der Waals surface area (Å²) < 4.78 is 17.4. The number of rotatable bonds is 4. The average molecular weight is 471 g/mol. The zero-order valence-electron chi connectivity index (χ0n) is 19.1. The van der Waals surface area contributed by atoms with Crippen LogP contribution in [0.5, 0.6) is 5.75 Å². The van der Waals surface area contributed by atoms with E-state index in [1.807, 2.05) is 38.1 Å². The van der Waals surface area contributed by atoms with Crippen molar-refractivity contribution in [1.82, 2.24) is 5.16 Å². The number of carbonyl (C=O) groups is 2. The molecule has 5 unspecified atom stereocenters. The number of anilines is 1. The maximum Gasteiger partial charge on any atom is 0.295 e. The number of alkyl halides is 1. The monoisotopic (exact) mass is 470 g/mol. The van der Waals surface area contributed by atoms with Crippen LogP contribution in [0.1, 0.15) is 51.0 Å². The van der Waals surface area contributed by atoms with Gasteiger partial charge in [-0.25, -0.2) is 0 Å². The third kappa shape index (κ3) is 3.72. The molecule has 0 spiro atoms. The number of aryl methyl sites for hydroxylation is 1. The number of hydrogen-bond donors (Lipinski definition) is 0. The Kier molecular flexibility index (Phi) is 5.47. The minimum absolute atomic E-state index is 0.0141. The molecule has 0 radical (unpaired) electrons. The van der Waals surface area contributed by atoms with Crippen molar-refractivity contribution in [2.75, 3.05) is 4.90 Å². The number of benzene rings is 1. The van der Waals surface area contributed by atoms with Gasteiger partial charge in [-0.05, 0) is 57.2 Å². The summed E-state index contributed by atoms with van der Waals surface area (Å²) in [6.07, 6.45) is 0.809. The molecular weight excluding hydrogens is 444 g/mol. The molecule has 7 nitrogen and oxygen atoms in total. The smallest absolute Gasteiger partial charge is 0.295 e. The summed E-state index contributed by atoms with van der Waals surface area (Å²) in [5, 5.41) is 3.97. The Labute approximate surface area is 197 Å². The molecule has 1 saturated carbocycles. The molecule has 5 rings (SSSR count). The molecule has 3 heterocycles. The van der Waals surface area contributed by atoms with Crippen molar-refractivity contribution in [3.8, 4) is 5.75 Å². The topological polar surface area (TPSA) is 81.9 Å². The van der Waals surface area contributed by atoms with E-state index in [0.29, 0.717) is 35.7 Å². The molecule has 2 aliphatic heterocycles. The Morgan fingerprint density at radius 3 is 2.70 bits per heavy atom. The number of Topliss-reactive ketones (excluding diaryl/α,β-unsaturated/α-hetero) is 1. The number of halogens is 1. The van der Waals surface area contributed by atoms with Crippen molar-refractivity contribution in [3.05, 3.63) is 53.0 Å². The zero-order valence-corrected chi connectivity index (χ0v) is 19.8. The second kappa shape index (κ2) is 8.20. The molecule has 0 N–H and O–H groups in total. The lowest BCUT2D eigenvalue weighted by Crippen LogP contribution is -2.44. The number of ketones is 1. The fourth-order valence-electron chi connectivity index (χ4n) is 5.07. The highest BCUT2D eigenvalue weighted by atomic mass is 35.5. The van der Waals surface area contributed by atoms with Gasteiger partial charge in [0, 0.05) is 11.4 Å². The van der Waals surface area contributed by atoms with E-state index in [0.717, 1.165) is 5.56 Å². The lowest BCUT2D eigenvalue weighted by molar-refractivity contribution is -0.132. The first-order valence-corrected chi connectivity index (χ1v) is 11.8. The standard InChI is InChI=1S/C25H27ClN2O5/c1-12(2)31-16-7-5-6-15(10-16)22-21-23(29)17-11-18(26)13(3)8-19(17)32-24(21)25(30)28(22)20-9-14(4)33-27-20/h5-7,9-10,12-13,17-19,22H,8,11H2,1-4H3. The Morgan fingerprint density at radius 1 is 1.21 bits per heavy atom. The quantitative estimate of drug-likeness (QED) is 0.600. The van der Waals surface area contributed by atoms with Crippen LogP contribution in [-0.4, -0.2) is 34.4 Å². The molecule has 3 aliphatic rings. The Hall–Kier alpha value is -2.80. The Bertz CT molecular complexity index is 1140. The number of ether oxygens (including phenoxy) is 2. The maximum atomic E-state index is 13.8. The summed E-state index contributed by atoms with van der Waals surface area (Å²) in [5.74, 6) is 1.06. The number of nitrogens with zero attached hydrogens (tertiary/aromatic N) is 2. The Morgan fingerprint density at radius 2 is 2.00 bits per heavy atom. The van der Waals surface area contributed by atoms with Gasteiger partial charge in [0.05, 0.1) is 23.6 Å². The third-order valence-corrected chi connectivity index (χ3v) is 7.23. The Balaban J connectivity index is 1.62. The van der Waals surface area contributed by atoms with E-state index in [4.69, 9.17) is 25.6 Å². The molecule has 1 fully saturated rings. The van der Waals surface area contributed by atoms with E-state index in [9.17, 15) is 9.59 Å². The lowest BCUT2D eigenvalue weighted by Gasteiger charge is -2.39. The summed E-state index contributed by atoms with van der Waals surface area (Å²) in [6.45, 7) is 7.70. The summed E-state index contributed by atoms with van der Waals surface area (Å²) in [4.78, 5) is 28.9. The van der Waals surface area contributed by atoms with Gasteiger partial charge in [-0.2, -0.15) is 0 Å². The molecule has 8 heteroatoms. The molecule has 0 bridgehead atoms. The van der Waals surface area contributed by atoms with Gasteiger partial charge < -0.3 is 14.0 Å². The van der Waals surface area contributed by atoms with Gasteiger partial charge in [0.25, 0.3) is 5.91 Å². The van der Waals surface area contributed by atoms with Gasteiger partial charge in [-0.15, -0.1) is 11.6 Å². The van der Waals surface area contributed by atoms with Gasteiger partial charge in [0.1, 0.15) is 17.6 Å². The first-order valence-electron chi connectivity index (χ1n) is 11.4. The first kappa shape index (κ1) is 22.0. The normalized spacial score (nSPS) is 29.3. The molecule has 2 aromatic rings. The van der Waals surface area contributed by atoms with Gasteiger partial charge in [-0.3, -0.25) is 14.5 Å². The molecule has 0 saturated heterocycles. The van der Waals surface area contributed by atoms with E-state index < -0.39 is 6.04 Å². The van der Waals surface area contributed by atoms with Crippen LogP contribution < -0.4 is 9.64 Å². The summed E-state index contributed by atoms with van der Waals surface area (Å²) in [6, 6.07) is 8.46. The van der Waals surface area contributed by atoms with E-state index >= 15 is 0 Å². The largest absolute Gasteiger partial charge is 0.491 e. The number of hydrogen-bond acceptors (Lipinski definition) is 6. The number of amides is 1. The van der Waals surface area contributed by atoms with Gasteiger partial charge in [-0.1, -0.05) is 24.2 Å². The average Bonchev–Trinajstić information content (AvgIpc) is 3.30. The van der Waals surface area contributed by atoms with Crippen molar-refractivity contribution in [2.45, 2.75) is 64.2 Å². The number of fused-ring (bicyclic) bond motifs is 1. The van der Waals surface area contributed by atoms with E-state index in [1.165, 1.54) is 4.90 Å². The highest BCUT2D eigenvalue weighted by Crippen LogP contribution is 2.49.